The molecule has 0 aliphatic carbocycles. The van der Waals surface area contributed by atoms with E-state index in [2.05, 4.69) is 55.6 Å². The molecule has 0 bridgehead atoms. The van der Waals surface area contributed by atoms with Crippen LogP contribution in [0.4, 0.5) is 0 Å². The first-order chi connectivity index (χ1) is 45.8. The second-order valence-electron chi connectivity index (χ2n) is 27.1. The van der Waals surface area contributed by atoms with E-state index in [9.17, 15) is 61.0 Å². The van der Waals surface area contributed by atoms with Crippen LogP contribution in [-0.2, 0) is 33.2 Å². The Morgan fingerprint density at radius 1 is 0.372 bits per heavy atom. The molecule has 3 saturated heterocycles. The molecule has 0 aromatic carbocycles. The van der Waals surface area contributed by atoms with Crippen LogP contribution in [0.2, 0.25) is 0 Å². The van der Waals surface area contributed by atoms with Gasteiger partial charge in [0.05, 0.1) is 38.6 Å². The SMILES string of the molecule is CCCCCCCC/C=C/CC/C=C/CC/C=C/C(O)C(COC1OC(CO)C(OC2OC(CO)C(OC3OC(CO)C(O)C(O)C3O)C(O)C2O)C(O)C1O)NC(=O)CCCCCCCCCCCCCCCCCCCCCCC/C=C\CCCCCCCCCC. The van der Waals surface area contributed by atoms with Gasteiger partial charge >= 0.3 is 0 Å². The lowest BCUT2D eigenvalue weighted by atomic mass is 9.96. The molecular formula is C75H137NO18. The van der Waals surface area contributed by atoms with Crippen molar-refractivity contribution in [3.63, 3.8) is 0 Å². The van der Waals surface area contributed by atoms with E-state index in [1.165, 1.54) is 212 Å². The summed E-state index contributed by atoms with van der Waals surface area (Å²) in [5.74, 6) is -0.286. The molecule has 0 aromatic heterocycles. The Balaban J connectivity index is 1.36. The van der Waals surface area contributed by atoms with Crippen LogP contribution < -0.4 is 5.32 Å². The van der Waals surface area contributed by atoms with E-state index in [1.807, 2.05) is 6.08 Å². The van der Waals surface area contributed by atoms with Crippen molar-refractivity contribution in [2.45, 2.75) is 394 Å². The van der Waals surface area contributed by atoms with Crippen LogP contribution in [0.15, 0.2) is 48.6 Å². The van der Waals surface area contributed by atoms with Crippen molar-refractivity contribution in [2.75, 3.05) is 26.4 Å². The van der Waals surface area contributed by atoms with Gasteiger partial charge in [0.2, 0.25) is 5.91 Å². The van der Waals surface area contributed by atoms with Crippen LogP contribution in [0.5, 0.6) is 0 Å². The average molecular weight is 1340 g/mol. The van der Waals surface area contributed by atoms with Gasteiger partial charge in [0.25, 0.3) is 0 Å². The van der Waals surface area contributed by atoms with Gasteiger partial charge in [-0.1, -0.05) is 262 Å². The van der Waals surface area contributed by atoms with Crippen molar-refractivity contribution in [2.24, 2.45) is 0 Å². The number of nitrogens with one attached hydrogen (secondary N) is 1. The minimum absolute atomic E-state index is 0.234. The minimum Gasteiger partial charge on any atom is -0.394 e. The van der Waals surface area contributed by atoms with Gasteiger partial charge in [0.1, 0.15) is 73.2 Å². The molecule has 17 unspecified atom stereocenters. The molecule has 19 nitrogen and oxygen atoms in total. The van der Waals surface area contributed by atoms with Gasteiger partial charge in [-0.15, -0.1) is 0 Å². The average Bonchev–Trinajstić information content (AvgIpc) is 0.787. The topological polar surface area (TPSA) is 307 Å². The number of hydrogen-bond acceptors (Lipinski definition) is 18. The van der Waals surface area contributed by atoms with Crippen molar-refractivity contribution >= 4 is 5.91 Å². The van der Waals surface area contributed by atoms with E-state index < -0.39 is 124 Å². The van der Waals surface area contributed by atoms with Crippen LogP contribution in [0, 0.1) is 0 Å². The van der Waals surface area contributed by atoms with Gasteiger partial charge in [0, 0.05) is 6.42 Å². The monoisotopic (exact) mass is 1340 g/mol. The third-order valence-electron chi connectivity index (χ3n) is 18.8. The fourth-order valence-electron chi connectivity index (χ4n) is 12.7. The highest BCUT2D eigenvalue weighted by Gasteiger charge is 2.53. The molecule has 0 saturated carbocycles. The number of carbonyl (C=O) groups is 1. The highest BCUT2D eigenvalue weighted by atomic mass is 16.8. The van der Waals surface area contributed by atoms with Crippen LogP contribution in [0.3, 0.4) is 0 Å². The summed E-state index contributed by atoms with van der Waals surface area (Å²) in [6, 6.07) is -0.996. The Morgan fingerprint density at radius 3 is 1.06 bits per heavy atom. The molecule has 3 aliphatic heterocycles. The lowest BCUT2D eigenvalue weighted by Crippen LogP contribution is -2.66. The molecule has 1 amide bonds. The van der Waals surface area contributed by atoms with Crippen molar-refractivity contribution in [3.8, 4) is 0 Å². The minimum atomic E-state index is -1.98. The Kier molecular flexibility index (Phi) is 51.7. The molecule has 94 heavy (non-hydrogen) atoms. The molecule has 3 aliphatic rings. The molecule has 550 valence electrons. The molecule has 3 rings (SSSR count). The smallest absolute Gasteiger partial charge is 0.220 e. The van der Waals surface area contributed by atoms with Crippen molar-refractivity contribution in [1.29, 1.82) is 0 Å². The normalized spacial score (nSPS) is 27.6. The first kappa shape index (κ1) is 86.0. The van der Waals surface area contributed by atoms with Crippen LogP contribution in [0.25, 0.3) is 0 Å². The van der Waals surface area contributed by atoms with E-state index in [-0.39, 0.29) is 18.9 Å². The van der Waals surface area contributed by atoms with Gasteiger partial charge in [-0.05, 0) is 70.6 Å². The third-order valence-corrected chi connectivity index (χ3v) is 18.8. The predicted molar refractivity (Wildman–Crippen MR) is 369 cm³/mol. The van der Waals surface area contributed by atoms with E-state index >= 15 is 0 Å². The van der Waals surface area contributed by atoms with Gasteiger partial charge in [0.15, 0.2) is 18.9 Å². The Bertz CT molecular complexity index is 1890. The molecule has 0 aromatic rings. The predicted octanol–water partition coefficient (Wildman–Crippen LogP) is 11.3. The summed E-state index contributed by atoms with van der Waals surface area (Å²) in [5, 5.41) is 121. The van der Waals surface area contributed by atoms with E-state index in [1.54, 1.807) is 6.08 Å². The maximum atomic E-state index is 13.4. The molecular weight excluding hydrogens is 1200 g/mol. The zero-order valence-corrected chi connectivity index (χ0v) is 58.4. The fraction of sp³-hybridized carbons (Fsp3) is 0.880. The first-order valence-electron chi connectivity index (χ1n) is 37.9. The number of rotatable bonds is 59. The van der Waals surface area contributed by atoms with Crippen molar-refractivity contribution < 1.29 is 89.4 Å². The second-order valence-corrected chi connectivity index (χ2v) is 27.1. The van der Waals surface area contributed by atoms with Gasteiger partial charge in [-0.2, -0.15) is 0 Å². The molecule has 0 spiro atoms. The summed E-state index contributed by atoms with van der Waals surface area (Å²) in [4.78, 5) is 13.4. The van der Waals surface area contributed by atoms with Gasteiger partial charge in [-0.3, -0.25) is 4.79 Å². The fourth-order valence-corrected chi connectivity index (χ4v) is 12.7. The maximum Gasteiger partial charge on any atom is 0.220 e. The number of allylic oxidation sites excluding steroid dienone is 7. The molecule has 17 atom stereocenters. The summed E-state index contributed by atoms with van der Waals surface area (Å²) >= 11 is 0. The molecule has 3 fully saturated rings. The number of carbonyl (C=O) groups excluding carboxylic acids is 1. The quantitative estimate of drug-likeness (QED) is 0.0199. The Hall–Kier alpha value is -2.25. The van der Waals surface area contributed by atoms with Crippen molar-refractivity contribution in [3.05, 3.63) is 48.6 Å². The largest absolute Gasteiger partial charge is 0.394 e. The standard InChI is InChI=1S/C75H137NO18/c1-3-5-7-9-11-13-15-17-19-21-22-23-24-25-26-27-28-29-30-31-32-33-34-35-36-37-39-41-43-45-47-49-51-53-63(81)76-58(59(80)52-50-48-46-44-42-40-38-20-18-16-14-12-10-8-6-4-2)57-89-73-69(87)66(84)71(61(55-78)91-73)94-75-70(88)67(85)72(62(56-79)92-75)93-74-68(86)65(83)64(82)60(54-77)90-74/h18,20-22,42,44,50,52,58-62,64-75,77-80,82-88H,3-17,19,23-41,43,45-49,51,53-57H2,1-2H3,(H,76,81)/b20-18+,22-21-,44-42+,52-50+. The molecule has 0 radical (unpaired) electrons. The number of amides is 1. The summed E-state index contributed by atoms with van der Waals surface area (Å²) in [6.07, 6.45) is 42.6. The second kappa shape index (κ2) is 56.5. The summed E-state index contributed by atoms with van der Waals surface area (Å²) in [5.41, 5.74) is 0. The van der Waals surface area contributed by atoms with Crippen LogP contribution in [0.1, 0.15) is 290 Å². The molecule has 3 heterocycles. The summed E-state index contributed by atoms with van der Waals surface area (Å²) in [6.45, 7) is 1.72. The zero-order valence-electron chi connectivity index (χ0n) is 58.4. The van der Waals surface area contributed by atoms with E-state index in [0.717, 1.165) is 44.9 Å². The number of aliphatic hydroxyl groups excluding tert-OH is 11. The highest BCUT2D eigenvalue weighted by Crippen LogP contribution is 2.33. The molecule has 19 heteroatoms. The van der Waals surface area contributed by atoms with Crippen LogP contribution >= 0.6 is 0 Å². The van der Waals surface area contributed by atoms with E-state index in [0.29, 0.717) is 12.8 Å². The number of unbranched alkanes of at least 4 members (excludes halogenated alkanes) is 37. The molecule has 12 N–H and O–H groups in total. The number of ether oxygens (including phenoxy) is 6. The highest BCUT2D eigenvalue weighted by molar-refractivity contribution is 5.76. The first-order valence-corrected chi connectivity index (χ1v) is 37.9. The van der Waals surface area contributed by atoms with Crippen LogP contribution in [-0.4, -0.2) is 193 Å². The zero-order chi connectivity index (χ0) is 68.2. The Morgan fingerprint density at radius 2 is 0.681 bits per heavy atom. The maximum absolute atomic E-state index is 13.4. The summed E-state index contributed by atoms with van der Waals surface area (Å²) in [7, 11) is 0. The lowest BCUT2D eigenvalue weighted by molar-refractivity contribution is -0.379. The van der Waals surface area contributed by atoms with Gasteiger partial charge < -0.3 is 89.9 Å². The van der Waals surface area contributed by atoms with E-state index in [4.69, 9.17) is 28.4 Å². The Labute approximate surface area is 567 Å². The third kappa shape index (κ3) is 37.3. The number of aliphatic hydroxyl groups is 11. The lowest BCUT2D eigenvalue weighted by Gasteiger charge is -2.48. The van der Waals surface area contributed by atoms with Crippen molar-refractivity contribution in [1.82, 2.24) is 5.32 Å². The number of hydrogen-bond donors (Lipinski definition) is 12. The van der Waals surface area contributed by atoms with Gasteiger partial charge in [-0.25, -0.2) is 0 Å². The summed E-state index contributed by atoms with van der Waals surface area (Å²) < 4.78 is 34.3.